The SMILES string of the molecule is Cc1c(-c2nc3c(s2)CNC3)cccc1-c1cccc(NC(=O)c2nc3c(n2C)CCN(C)C3)c1Cl.O=C(O)C(F)(F)F. The molecule has 4 heterocycles. The van der Waals surface area contributed by atoms with Gasteiger partial charge in [0.2, 0.25) is 0 Å². The summed E-state index contributed by atoms with van der Waals surface area (Å²) in [7, 11) is 3.97. The molecule has 0 unspecified atom stereocenters. The average Bonchev–Trinajstić information content (AvgIpc) is 3.64. The third kappa shape index (κ3) is 6.30. The maximum absolute atomic E-state index is 13.2. The Morgan fingerprint density at radius 1 is 1.05 bits per heavy atom. The third-order valence-electron chi connectivity index (χ3n) is 7.35. The first-order chi connectivity index (χ1) is 20.3. The Hall–Kier alpha value is -3.78. The van der Waals surface area contributed by atoms with Crippen molar-refractivity contribution < 1.29 is 27.9 Å². The molecule has 0 radical (unpaired) electrons. The number of aliphatic carboxylic acids is 1. The van der Waals surface area contributed by atoms with E-state index in [1.54, 1.807) is 11.3 Å². The summed E-state index contributed by atoms with van der Waals surface area (Å²) in [5.74, 6) is -2.61. The van der Waals surface area contributed by atoms with Gasteiger partial charge < -0.3 is 25.2 Å². The maximum atomic E-state index is 13.2. The Morgan fingerprint density at radius 2 is 1.72 bits per heavy atom. The van der Waals surface area contributed by atoms with Crippen molar-refractivity contribution in [3.05, 3.63) is 74.8 Å². The lowest BCUT2D eigenvalue weighted by atomic mass is 9.96. The normalized spacial score (nSPS) is 14.5. The lowest BCUT2D eigenvalue weighted by molar-refractivity contribution is -0.192. The summed E-state index contributed by atoms with van der Waals surface area (Å²) in [6.45, 7) is 5.52. The monoisotopic (exact) mass is 632 g/mol. The molecule has 3 N–H and O–H groups in total. The number of amides is 1. The van der Waals surface area contributed by atoms with E-state index in [1.165, 1.54) is 4.88 Å². The number of thiazole rings is 1. The van der Waals surface area contributed by atoms with Crippen LogP contribution < -0.4 is 10.6 Å². The van der Waals surface area contributed by atoms with Crippen LogP contribution in [0.1, 0.15) is 38.1 Å². The second-order valence-electron chi connectivity index (χ2n) is 10.3. The molecule has 0 atom stereocenters. The van der Waals surface area contributed by atoms with Crippen molar-refractivity contribution in [2.24, 2.45) is 7.05 Å². The van der Waals surface area contributed by atoms with Crippen LogP contribution in [0.4, 0.5) is 18.9 Å². The Kier molecular flexibility index (Phi) is 8.61. The number of carboxylic acids is 1. The lowest BCUT2D eigenvalue weighted by Crippen LogP contribution is -2.27. The number of carboxylic acid groups (broad SMARTS) is 1. The number of alkyl halides is 3. The van der Waals surface area contributed by atoms with Gasteiger partial charge in [0.1, 0.15) is 5.01 Å². The quantitative estimate of drug-likeness (QED) is 0.267. The molecule has 43 heavy (non-hydrogen) atoms. The number of fused-ring (bicyclic) bond motifs is 2. The number of nitrogens with zero attached hydrogens (tertiary/aromatic N) is 4. The zero-order chi connectivity index (χ0) is 31.1. The first-order valence-corrected chi connectivity index (χ1v) is 14.5. The van der Waals surface area contributed by atoms with Gasteiger partial charge in [-0.2, -0.15) is 13.2 Å². The van der Waals surface area contributed by atoms with E-state index < -0.39 is 12.1 Å². The number of nitrogens with one attached hydrogen (secondary N) is 2. The molecule has 2 aromatic carbocycles. The Morgan fingerprint density at radius 3 is 2.42 bits per heavy atom. The molecule has 0 saturated heterocycles. The number of halogens is 4. The number of imidazole rings is 1. The number of likely N-dealkylation sites (N-methyl/N-ethyl adjacent to an activating group) is 1. The van der Waals surface area contributed by atoms with E-state index in [9.17, 15) is 18.0 Å². The highest BCUT2D eigenvalue weighted by atomic mass is 35.5. The van der Waals surface area contributed by atoms with Crippen molar-refractivity contribution in [3.8, 4) is 21.7 Å². The summed E-state index contributed by atoms with van der Waals surface area (Å²) in [6.07, 6.45) is -4.20. The fourth-order valence-corrected chi connectivity index (χ4v) is 6.51. The molecular weight excluding hydrogens is 605 g/mol. The van der Waals surface area contributed by atoms with Crippen LogP contribution in [0.3, 0.4) is 0 Å². The molecular formula is C29H28ClF3N6O3S. The summed E-state index contributed by atoms with van der Waals surface area (Å²) >= 11 is 8.64. The van der Waals surface area contributed by atoms with E-state index in [2.05, 4.69) is 46.6 Å². The van der Waals surface area contributed by atoms with E-state index in [0.29, 0.717) is 16.5 Å². The van der Waals surface area contributed by atoms with E-state index in [0.717, 1.165) is 76.9 Å². The molecule has 9 nitrogen and oxygen atoms in total. The van der Waals surface area contributed by atoms with Crippen LogP contribution in [0.25, 0.3) is 21.7 Å². The Balaban J connectivity index is 0.000000472. The molecule has 2 aliphatic heterocycles. The molecule has 0 saturated carbocycles. The fraction of sp³-hybridized carbons (Fsp3) is 0.310. The topological polar surface area (TPSA) is 112 Å². The third-order valence-corrected chi connectivity index (χ3v) is 8.89. The van der Waals surface area contributed by atoms with Gasteiger partial charge in [-0.05, 0) is 31.2 Å². The van der Waals surface area contributed by atoms with Crippen LogP contribution in [0.2, 0.25) is 5.02 Å². The lowest BCUT2D eigenvalue weighted by Gasteiger charge is -2.21. The number of carbonyl (C=O) groups is 2. The van der Waals surface area contributed by atoms with Gasteiger partial charge in [0.25, 0.3) is 5.91 Å². The molecule has 226 valence electrons. The zero-order valence-electron chi connectivity index (χ0n) is 23.5. The molecule has 0 aliphatic carbocycles. The van der Waals surface area contributed by atoms with Crippen molar-refractivity contribution in [2.75, 3.05) is 18.9 Å². The van der Waals surface area contributed by atoms with Gasteiger partial charge >= 0.3 is 12.1 Å². The first kappa shape index (κ1) is 30.7. The Bertz CT molecular complexity index is 1700. The van der Waals surface area contributed by atoms with Crippen molar-refractivity contribution in [3.63, 3.8) is 0 Å². The zero-order valence-corrected chi connectivity index (χ0v) is 25.0. The summed E-state index contributed by atoms with van der Waals surface area (Å²) in [4.78, 5) is 35.2. The van der Waals surface area contributed by atoms with Crippen molar-refractivity contribution in [2.45, 2.75) is 39.2 Å². The molecule has 4 aromatic rings. The van der Waals surface area contributed by atoms with Crippen LogP contribution in [-0.2, 0) is 37.9 Å². The molecule has 0 spiro atoms. The smallest absolute Gasteiger partial charge is 0.475 e. The van der Waals surface area contributed by atoms with E-state index in [4.69, 9.17) is 26.5 Å². The second kappa shape index (κ2) is 12.1. The molecule has 1 amide bonds. The van der Waals surface area contributed by atoms with E-state index in [-0.39, 0.29) is 5.91 Å². The van der Waals surface area contributed by atoms with Crippen LogP contribution in [-0.4, -0.2) is 56.2 Å². The molecule has 0 bridgehead atoms. The largest absolute Gasteiger partial charge is 0.490 e. The minimum absolute atomic E-state index is 0.259. The number of carbonyl (C=O) groups excluding carboxylic acids is 1. The van der Waals surface area contributed by atoms with Crippen LogP contribution in [0.5, 0.6) is 0 Å². The van der Waals surface area contributed by atoms with Gasteiger partial charge in [-0.3, -0.25) is 4.79 Å². The van der Waals surface area contributed by atoms with E-state index in [1.807, 2.05) is 35.9 Å². The van der Waals surface area contributed by atoms with Gasteiger partial charge in [0.05, 0.1) is 22.1 Å². The van der Waals surface area contributed by atoms with Crippen LogP contribution in [0.15, 0.2) is 36.4 Å². The molecule has 14 heteroatoms. The average molecular weight is 633 g/mol. The molecule has 2 aliphatic rings. The number of hydrogen-bond donors (Lipinski definition) is 3. The summed E-state index contributed by atoms with van der Waals surface area (Å²) < 4.78 is 33.6. The van der Waals surface area contributed by atoms with Crippen LogP contribution >= 0.6 is 22.9 Å². The highest BCUT2D eigenvalue weighted by molar-refractivity contribution is 7.15. The van der Waals surface area contributed by atoms with Crippen molar-refractivity contribution in [1.29, 1.82) is 0 Å². The van der Waals surface area contributed by atoms with E-state index >= 15 is 0 Å². The minimum atomic E-state index is -5.08. The van der Waals surface area contributed by atoms with Gasteiger partial charge in [0, 0.05) is 61.3 Å². The minimum Gasteiger partial charge on any atom is -0.475 e. The molecule has 2 aromatic heterocycles. The summed E-state index contributed by atoms with van der Waals surface area (Å²) in [6, 6.07) is 12.0. The van der Waals surface area contributed by atoms with Gasteiger partial charge in [-0.1, -0.05) is 41.9 Å². The van der Waals surface area contributed by atoms with Crippen LogP contribution in [0, 0.1) is 6.92 Å². The van der Waals surface area contributed by atoms with Crippen molar-refractivity contribution >= 4 is 40.5 Å². The summed E-state index contributed by atoms with van der Waals surface area (Å²) in [5, 5.41) is 15.0. The number of rotatable bonds is 4. The highest BCUT2D eigenvalue weighted by Gasteiger charge is 2.38. The predicted octanol–water partition coefficient (Wildman–Crippen LogP) is 5.65. The fourth-order valence-electron chi connectivity index (χ4n) is 5.11. The summed E-state index contributed by atoms with van der Waals surface area (Å²) in [5.41, 5.74) is 7.93. The first-order valence-electron chi connectivity index (χ1n) is 13.3. The van der Waals surface area contributed by atoms with Crippen molar-refractivity contribution in [1.82, 2.24) is 24.8 Å². The number of aromatic nitrogens is 3. The highest BCUT2D eigenvalue weighted by Crippen LogP contribution is 2.40. The number of hydrogen-bond acceptors (Lipinski definition) is 7. The van der Waals surface area contributed by atoms with Gasteiger partial charge in [0.15, 0.2) is 5.82 Å². The standard InChI is InChI=1S/C27H27ClN6OS.C2HF3O2/c1-15-16(6-4-7-17(15)27-32-20-12-29-13-23(20)36-27)18-8-5-9-19(24(18)28)31-26(35)25-30-21-14-33(2)11-10-22(21)34(25)3;3-2(4,5)1(6)7/h4-9,29H,10-14H2,1-3H3,(H,31,35);(H,6,7). The predicted molar refractivity (Wildman–Crippen MR) is 158 cm³/mol. The molecule has 6 rings (SSSR count). The number of benzene rings is 2. The Labute approximate surface area is 254 Å². The second-order valence-corrected chi connectivity index (χ2v) is 11.7. The number of anilines is 1. The van der Waals surface area contributed by atoms with Gasteiger partial charge in [-0.15, -0.1) is 11.3 Å². The molecule has 0 fully saturated rings. The maximum Gasteiger partial charge on any atom is 0.490 e. The van der Waals surface area contributed by atoms with Gasteiger partial charge in [-0.25, -0.2) is 14.8 Å².